The molecular weight excluding hydrogens is 372 g/mol. The molecule has 0 aliphatic carbocycles. The molecule has 0 aliphatic rings. The van der Waals surface area contributed by atoms with Crippen molar-refractivity contribution in [1.29, 1.82) is 0 Å². The lowest BCUT2D eigenvalue weighted by atomic mass is 10.0. The van der Waals surface area contributed by atoms with E-state index in [2.05, 4.69) is 20.4 Å². The highest BCUT2D eigenvalue weighted by Crippen LogP contribution is 2.36. The Morgan fingerprint density at radius 2 is 1.72 bits per heavy atom. The van der Waals surface area contributed by atoms with Gasteiger partial charge in [0.05, 0.1) is 25.5 Å². The Balaban J connectivity index is 2.13. The first-order chi connectivity index (χ1) is 13.8. The van der Waals surface area contributed by atoms with Gasteiger partial charge < -0.3 is 24.6 Å². The zero-order chi connectivity index (χ0) is 21.1. The summed E-state index contributed by atoms with van der Waals surface area (Å²) in [6, 6.07) is 5.55. The normalized spacial score (nSPS) is 11.0. The molecule has 9 heteroatoms. The lowest BCUT2D eigenvalue weighted by Gasteiger charge is -2.19. The molecule has 0 saturated carbocycles. The first-order valence-electron chi connectivity index (χ1n) is 9.05. The second kappa shape index (κ2) is 8.36. The fourth-order valence-electron chi connectivity index (χ4n) is 3.04. The van der Waals surface area contributed by atoms with Gasteiger partial charge >= 0.3 is 6.03 Å². The highest BCUT2D eigenvalue weighted by Gasteiger charge is 2.17. The third-order valence-electron chi connectivity index (χ3n) is 4.46. The minimum absolute atomic E-state index is 0.247. The Hall–Kier alpha value is -3.33. The van der Waals surface area contributed by atoms with Gasteiger partial charge in [-0.15, -0.1) is 10.2 Å². The van der Waals surface area contributed by atoms with Crippen LogP contribution in [0.4, 0.5) is 10.5 Å². The molecule has 154 valence electrons. The van der Waals surface area contributed by atoms with Gasteiger partial charge in [0, 0.05) is 32.4 Å². The molecule has 0 radical (unpaired) electrons. The maximum absolute atomic E-state index is 12.2. The van der Waals surface area contributed by atoms with E-state index in [-0.39, 0.29) is 6.03 Å². The van der Waals surface area contributed by atoms with Gasteiger partial charge in [-0.2, -0.15) is 0 Å². The Labute approximate surface area is 169 Å². The van der Waals surface area contributed by atoms with Crippen LogP contribution in [0.25, 0.3) is 16.8 Å². The van der Waals surface area contributed by atoms with Gasteiger partial charge in [0.2, 0.25) is 0 Å². The Morgan fingerprint density at radius 1 is 1.07 bits per heavy atom. The number of nitrogens with one attached hydrogen (secondary N) is 1. The number of rotatable bonds is 6. The number of amides is 2. The standard InChI is InChI=1S/C20H26N6O3/c1-24(2)11-15-17(28-5)8-13(9-18(15)29-6)14-7-16(22-20(27)25(3)4)19-23-21-12-26(19)10-14/h7-10,12H,11H2,1-6H3,(H,22,27). The molecule has 0 bridgehead atoms. The highest BCUT2D eigenvalue weighted by atomic mass is 16.5. The molecule has 2 aromatic heterocycles. The van der Waals surface area contributed by atoms with Crippen molar-refractivity contribution in [3.63, 3.8) is 0 Å². The lowest BCUT2D eigenvalue weighted by Crippen LogP contribution is -2.27. The zero-order valence-electron chi connectivity index (χ0n) is 17.6. The molecular formula is C20H26N6O3. The predicted octanol–water partition coefficient (Wildman–Crippen LogP) is 2.57. The molecule has 9 nitrogen and oxygen atoms in total. The summed E-state index contributed by atoms with van der Waals surface area (Å²) in [5, 5.41) is 10.9. The number of hydrogen-bond acceptors (Lipinski definition) is 6. The van der Waals surface area contributed by atoms with E-state index in [1.54, 1.807) is 39.0 Å². The largest absolute Gasteiger partial charge is 0.496 e. The second-order valence-corrected chi connectivity index (χ2v) is 7.13. The van der Waals surface area contributed by atoms with Gasteiger partial charge in [-0.3, -0.25) is 4.40 Å². The van der Waals surface area contributed by atoms with E-state index >= 15 is 0 Å². The fourth-order valence-corrected chi connectivity index (χ4v) is 3.04. The lowest BCUT2D eigenvalue weighted by molar-refractivity contribution is 0.230. The van der Waals surface area contributed by atoms with Crippen LogP contribution in [0.15, 0.2) is 30.7 Å². The molecule has 0 atom stereocenters. The molecule has 3 rings (SSSR count). The first kappa shape index (κ1) is 20.4. The summed E-state index contributed by atoms with van der Waals surface area (Å²) in [5.74, 6) is 1.46. The van der Waals surface area contributed by atoms with E-state index in [1.807, 2.05) is 38.5 Å². The molecule has 2 heterocycles. The fraction of sp³-hybridized carbons (Fsp3) is 0.350. The van der Waals surface area contributed by atoms with Crippen LogP contribution in [0.1, 0.15) is 5.56 Å². The summed E-state index contributed by atoms with van der Waals surface area (Å²) in [6.07, 6.45) is 3.50. The van der Waals surface area contributed by atoms with Crippen LogP contribution < -0.4 is 14.8 Å². The summed E-state index contributed by atoms with van der Waals surface area (Å²) in [7, 11) is 10.6. The average Bonchev–Trinajstić information content (AvgIpc) is 3.16. The van der Waals surface area contributed by atoms with Gasteiger partial charge in [-0.1, -0.05) is 0 Å². The number of benzene rings is 1. The number of carbonyl (C=O) groups is 1. The van der Waals surface area contributed by atoms with Crippen molar-refractivity contribution in [2.45, 2.75) is 6.54 Å². The molecule has 0 aliphatic heterocycles. The predicted molar refractivity (Wildman–Crippen MR) is 112 cm³/mol. The van der Waals surface area contributed by atoms with E-state index < -0.39 is 0 Å². The summed E-state index contributed by atoms with van der Waals surface area (Å²) in [4.78, 5) is 15.7. The van der Waals surface area contributed by atoms with Gasteiger partial charge in [-0.05, 0) is 37.9 Å². The molecule has 0 spiro atoms. The zero-order valence-corrected chi connectivity index (χ0v) is 17.6. The first-order valence-corrected chi connectivity index (χ1v) is 9.05. The number of fused-ring (bicyclic) bond motifs is 1. The number of pyridine rings is 1. The summed E-state index contributed by atoms with van der Waals surface area (Å²) < 4.78 is 13.0. The van der Waals surface area contributed by atoms with Crippen LogP contribution in [-0.4, -0.2) is 72.8 Å². The van der Waals surface area contributed by atoms with Crippen molar-refractivity contribution in [3.8, 4) is 22.6 Å². The van der Waals surface area contributed by atoms with Crippen molar-refractivity contribution in [3.05, 3.63) is 36.3 Å². The SMILES string of the molecule is COc1cc(-c2cc(NC(=O)N(C)C)c3nncn3c2)cc(OC)c1CN(C)C. The molecule has 1 aromatic carbocycles. The Morgan fingerprint density at radius 3 is 2.28 bits per heavy atom. The minimum atomic E-state index is -0.247. The van der Waals surface area contributed by atoms with Crippen molar-refractivity contribution < 1.29 is 14.3 Å². The number of methoxy groups -OCH3 is 2. The third kappa shape index (κ3) is 4.24. The molecule has 0 unspecified atom stereocenters. The van der Waals surface area contributed by atoms with E-state index in [1.165, 1.54) is 4.90 Å². The Bertz CT molecular complexity index is 1000. The average molecular weight is 398 g/mol. The van der Waals surface area contributed by atoms with Crippen LogP contribution >= 0.6 is 0 Å². The second-order valence-electron chi connectivity index (χ2n) is 7.13. The topological polar surface area (TPSA) is 84.2 Å². The number of anilines is 1. The van der Waals surface area contributed by atoms with E-state index in [9.17, 15) is 4.79 Å². The van der Waals surface area contributed by atoms with Gasteiger partial charge in [0.25, 0.3) is 0 Å². The molecule has 3 aromatic rings. The molecule has 2 amide bonds. The summed E-state index contributed by atoms with van der Waals surface area (Å²) in [6.45, 7) is 0.682. The van der Waals surface area contributed by atoms with E-state index in [4.69, 9.17) is 9.47 Å². The number of carbonyl (C=O) groups excluding carboxylic acids is 1. The van der Waals surface area contributed by atoms with Gasteiger partial charge in [0.1, 0.15) is 17.8 Å². The molecule has 0 fully saturated rings. The number of ether oxygens (including phenoxy) is 2. The van der Waals surface area contributed by atoms with Crippen LogP contribution in [-0.2, 0) is 6.54 Å². The number of nitrogens with zero attached hydrogens (tertiary/aromatic N) is 5. The smallest absolute Gasteiger partial charge is 0.321 e. The van der Waals surface area contributed by atoms with Crippen LogP contribution in [0, 0.1) is 0 Å². The summed E-state index contributed by atoms with van der Waals surface area (Å²) >= 11 is 0. The van der Waals surface area contributed by atoms with Crippen molar-refractivity contribution in [2.24, 2.45) is 0 Å². The minimum Gasteiger partial charge on any atom is -0.496 e. The maximum Gasteiger partial charge on any atom is 0.321 e. The van der Waals surface area contributed by atoms with E-state index in [0.717, 1.165) is 28.2 Å². The van der Waals surface area contributed by atoms with Crippen molar-refractivity contribution >= 4 is 17.4 Å². The number of hydrogen-bond donors (Lipinski definition) is 1. The molecule has 1 N–H and O–H groups in total. The van der Waals surface area contributed by atoms with Gasteiger partial charge in [0.15, 0.2) is 5.65 Å². The quantitative estimate of drug-likeness (QED) is 0.687. The van der Waals surface area contributed by atoms with Crippen molar-refractivity contribution in [2.75, 3.05) is 47.7 Å². The number of urea groups is 1. The molecule has 29 heavy (non-hydrogen) atoms. The maximum atomic E-state index is 12.2. The van der Waals surface area contributed by atoms with Crippen molar-refractivity contribution in [1.82, 2.24) is 24.4 Å². The van der Waals surface area contributed by atoms with E-state index in [0.29, 0.717) is 17.9 Å². The number of aromatic nitrogens is 3. The van der Waals surface area contributed by atoms with Crippen LogP contribution in [0.3, 0.4) is 0 Å². The van der Waals surface area contributed by atoms with Crippen LogP contribution in [0.5, 0.6) is 11.5 Å². The highest BCUT2D eigenvalue weighted by molar-refractivity contribution is 5.94. The monoisotopic (exact) mass is 398 g/mol. The summed E-state index contributed by atoms with van der Waals surface area (Å²) in [5.41, 5.74) is 3.84. The Kier molecular flexibility index (Phi) is 5.88. The van der Waals surface area contributed by atoms with Gasteiger partial charge in [-0.25, -0.2) is 4.79 Å². The third-order valence-corrected chi connectivity index (χ3v) is 4.46. The molecule has 0 saturated heterocycles. The van der Waals surface area contributed by atoms with Crippen LogP contribution in [0.2, 0.25) is 0 Å².